The first-order valence-corrected chi connectivity index (χ1v) is 7.40. The van der Waals surface area contributed by atoms with E-state index in [1.54, 1.807) is 0 Å². The molecule has 2 rings (SSSR count). The second kappa shape index (κ2) is 6.15. The second-order valence-electron chi connectivity index (χ2n) is 4.25. The second-order valence-corrected chi connectivity index (χ2v) is 6.80. The molecule has 1 aliphatic rings. The van der Waals surface area contributed by atoms with E-state index in [2.05, 4.69) is 40.4 Å². The summed E-state index contributed by atoms with van der Waals surface area (Å²) in [7, 11) is 2.07. The van der Waals surface area contributed by atoms with Gasteiger partial charge in [-0.15, -0.1) is 11.3 Å². The number of likely N-dealkylation sites (N-methyl/N-ethyl adjacent to an activating group) is 1. The van der Waals surface area contributed by atoms with Crippen LogP contribution in [0.25, 0.3) is 0 Å². The molecule has 0 aromatic carbocycles. The largest absolute Gasteiger partial charge is 0.381 e. The molecule has 0 amide bonds. The van der Waals surface area contributed by atoms with Crippen LogP contribution in [0, 0.1) is 5.92 Å². The highest BCUT2D eigenvalue weighted by Crippen LogP contribution is 2.26. The first kappa shape index (κ1) is 12.6. The lowest BCUT2D eigenvalue weighted by Gasteiger charge is -2.29. The molecule has 4 heteroatoms. The highest BCUT2D eigenvalue weighted by atomic mass is 79.9. The fraction of sp³-hybridized carbons (Fsp3) is 0.667. The summed E-state index contributed by atoms with van der Waals surface area (Å²) < 4.78 is 6.64. The quantitative estimate of drug-likeness (QED) is 0.923. The lowest BCUT2D eigenvalue weighted by Crippen LogP contribution is -2.38. The lowest BCUT2D eigenvalue weighted by molar-refractivity contribution is 0.0548. The SMILES string of the molecule is CNC(Cc1ccc(Br)s1)C1CCOCC1. The fourth-order valence-electron chi connectivity index (χ4n) is 2.30. The standard InChI is InChI=1S/C12H18BrNOS/c1-14-11(9-4-6-15-7-5-9)8-10-2-3-12(13)16-10/h2-3,9,11,14H,4-8H2,1H3. The van der Waals surface area contributed by atoms with Gasteiger partial charge in [-0.05, 0) is 60.3 Å². The molecule has 0 aliphatic carbocycles. The van der Waals surface area contributed by atoms with Crippen LogP contribution in [0.3, 0.4) is 0 Å². The molecule has 1 aromatic rings. The Morgan fingerprint density at radius 2 is 2.25 bits per heavy atom. The summed E-state index contributed by atoms with van der Waals surface area (Å²) >= 11 is 5.36. The molecular weight excluding hydrogens is 286 g/mol. The topological polar surface area (TPSA) is 21.3 Å². The molecule has 16 heavy (non-hydrogen) atoms. The average Bonchev–Trinajstić information content (AvgIpc) is 2.73. The van der Waals surface area contributed by atoms with Gasteiger partial charge in [0.25, 0.3) is 0 Å². The maximum atomic E-state index is 5.42. The van der Waals surface area contributed by atoms with Gasteiger partial charge in [0.15, 0.2) is 0 Å². The van der Waals surface area contributed by atoms with Gasteiger partial charge >= 0.3 is 0 Å². The molecule has 1 atom stereocenters. The Kier molecular flexibility index (Phi) is 4.82. The molecule has 2 heterocycles. The van der Waals surface area contributed by atoms with Crippen molar-refractivity contribution < 1.29 is 4.74 Å². The smallest absolute Gasteiger partial charge is 0.0701 e. The number of thiophene rings is 1. The molecule has 0 spiro atoms. The Morgan fingerprint density at radius 1 is 1.50 bits per heavy atom. The van der Waals surface area contributed by atoms with E-state index in [0.29, 0.717) is 6.04 Å². The number of rotatable bonds is 4. The first-order valence-electron chi connectivity index (χ1n) is 5.79. The van der Waals surface area contributed by atoms with Crippen molar-refractivity contribution in [3.63, 3.8) is 0 Å². The third-order valence-corrected chi connectivity index (χ3v) is 4.90. The minimum Gasteiger partial charge on any atom is -0.381 e. The summed E-state index contributed by atoms with van der Waals surface area (Å²) in [4.78, 5) is 1.46. The monoisotopic (exact) mass is 303 g/mol. The van der Waals surface area contributed by atoms with Gasteiger partial charge in [0.1, 0.15) is 0 Å². The predicted molar refractivity (Wildman–Crippen MR) is 72.1 cm³/mol. The average molecular weight is 304 g/mol. The number of hydrogen-bond donors (Lipinski definition) is 1. The molecule has 1 aliphatic heterocycles. The van der Waals surface area contributed by atoms with E-state index in [-0.39, 0.29) is 0 Å². The Hall–Kier alpha value is 0.1000. The molecule has 0 radical (unpaired) electrons. The summed E-state index contributed by atoms with van der Waals surface area (Å²) in [6.07, 6.45) is 3.52. The van der Waals surface area contributed by atoms with Crippen LogP contribution in [0.1, 0.15) is 17.7 Å². The zero-order valence-corrected chi connectivity index (χ0v) is 11.9. The molecule has 1 N–H and O–H groups in total. The molecule has 1 unspecified atom stereocenters. The van der Waals surface area contributed by atoms with Crippen molar-refractivity contribution in [2.45, 2.75) is 25.3 Å². The van der Waals surface area contributed by atoms with E-state index in [1.165, 1.54) is 21.5 Å². The number of ether oxygens (including phenoxy) is 1. The zero-order valence-electron chi connectivity index (χ0n) is 9.54. The van der Waals surface area contributed by atoms with Crippen LogP contribution in [-0.4, -0.2) is 26.3 Å². The van der Waals surface area contributed by atoms with E-state index < -0.39 is 0 Å². The third kappa shape index (κ3) is 3.29. The predicted octanol–water partition coefficient (Wildman–Crippen LogP) is 3.07. The summed E-state index contributed by atoms with van der Waals surface area (Å²) in [5, 5.41) is 3.47. The fourth-order valence-corrected chi connectivity index (χ4v) is 3.84. The highest BCUT2D eigenvalue weighted by Gasteiger charge is 2.23. The molecule has 1 fully saturated rings. The molecule has 1 saturated heterocycles. The van der Waals surface area contributed by atoms with Gasteiger partial charge in [-0.1, -0.05) is 0 Å². The summed E-state index contributed by atoms with van der Waals surface area (Å²) in [5.41, 5.74) is 0. The first-order chi connectivity index (χ1) is 7.79. The minimum atomic E-state index is 0.592. The van der Waals surface area contributed by atoms with Crippen molar-refractivity contribution in [1.82, 2.24) is 5.32 Å². The number of hydrogen-bond acceptors (Lipinski definition) is 3. The van der Waals surface area contributed by atoms with E-state index in [4.69, 9.17) is 4.74 Å². The van der Waals surface area contributed by atoms with E-state index in [0.717, 1.165) is 25.6 Å². The van der Waals surface area contributed by atoms with Crippen LogP contribution < -0.4 is 5.32 Å². The normalized spacial score (nSPS) is 19.9. The molecule has 0 saturated carbocycles. The van der Waals surface area contributed by atoms with Gasteiger partial charge in [0.2, 0.25) is 0 Å². The Labute approximate surface area is 110 Å². The Balaban J connectivity index is 1.94. The molecule has 2 nitrogen and oxygen atoms in total. The van der Waals surface area contributed by atoms with Crippen LogP contribution in [0.4, 0.5) is 0 Å². The Bertz CT molecular complexity index is 323. The van der Waals surface area contributed by atoms with E-state index in [9.17, 15) is 0 Å². The molecular formula is C12H18BrNOS. The van der Waals surface area contributed by atoms with Crippen molar-refractivity contribution in [2.24, 2.45) is 5.92 Å². The van der Waals surface area contributed by atoms with Crippen molar-refractivity contribution in [2.75, 3.05) is 20.3 Å². The summed E-state index contributed by atoms with van der Waals surface area (Å²) in [6, 6.07) is 4.95. The third-order valence-electron chi connectivity index (χ3n) is 3.26. The van der Waals surface area contributed by atoms with Crippen LogP contribution in [0.15, 0.2) is 15.9 Å². The van der Waals surface area contributed by atoms with Gasteiger partial charge in [0, 0.05) is 24.1 Å². The van der Waals surface area contributed by atoms with Crippen LogP contribution in [-0.2, 0) is 11.2 Å². The van der Waals surface area contributed by atoms with Gasteiger partial charge in [0.05, 0.1) is 3.79 Å². The van der Waals surface area contributed by atoms with Gasteiger partial charge in [-0.25, -0.2) is 0 Å². The van der Waals surface area contributed by atoms with Crippen LogP contribution in [0.5, 0.6) is 0 Å². The number of halogens is 1. The van der Waals surface area contributed by atoms with Crippen molar-refractivity contribution in [3.8, 4) is 0 Å². The minimum absolute atomic E-state index is 0.592. The molecule has 90 valence electrons. The van der Waals surface area contributed by atoms with Crippen molar-refractivity contribution in [1.29, 1.82) is 0 Å². The maximum Gasteiger partial charge on any atom is 0.0701 e. The lowest BCUT2D eigenvalue weighted by atomic mass is 9.89. The zero-order chi connectivity index (χ0) is 11.4. The van der Waals surface area contributed by atoms with Crippen LogP contribution >= 0.6 is 27.3 Å². The van der Waals surface area contributed by atoms with E-state index in [1.807, 2.05) is 11.3 Å². The van der Waals surface area contributed by atoms with Gasteiger partial charge in [-0.2, -0.15) is 0 Å². The molecule has 1 aromatic heterocycles. The highest BCUT2D eigenvalue weighted by molar-refractivity contribution is 9.11. The summed E-state index contributed by atoms with van der Waals surface area (Å²) in [5.74, 6) is 0.764. The van der Waals surface area contributed by atoms with Crippen molar-refractivity contribution in [3.05, 3.63) is 20.8 Å². The summed E-state index contributed by atoms with van der Waals surface area (Å²) in [6.45, 7) is 1.86. The van der Waals surface area contributed by atoms with Crippen LogP contribution in [0.2, 0.25) is 0 Å². The maximum absolute atomic E-state index is 5.42. The van der Waals surface area contributed by atoms with Crippen molar-refractivity contribution >= 4 is 27.3 Å². The van der Waals surface area contributed by atoms with Gasteiger partial charge in [-0.3, -0.25) is 0 Å². The Morgan fingerprint density at radius 3 is 2.81 bits per heavy atom. The van der Waals surface area contributed by atoms with Gasteiger partial charge < -0.3 is 10.1 Å². The number of nitrogens with one attached hydrogen (secondary N) is 1. The molecule has 0 bridgehead atoms. The van der Waals surface area contributed by atoms with E-state index >= 15 is 0 Å².